The van der Waals surface area contributed by atoms with Crippen molar-refractivity contribution in [2.75, 3.05) is 26.1 Å². The fourth-order valence-electron chi connectivity index (χ4n) is 3.17. The third-order valence-electron chi connectivity index (χ3n) is 4.70. The maximum absolute atomic E-state index is 5.48. The van der Waals surface area contributed by atoms with Crippen LogP contribution in [0.1, 0.15) is 5.69 Å². The Kier molecular flexibility index (Phi) is 6.09. The number of fused-ring (bicyclic) bond motifs is 1. The molecule has 30 heavy (non-hydrogen) atoms. The van der Waals surface area contributed by atoms with Crippen LogP contribution in [0.5, 0.6) is 11.5 Å². The minimum absolute atomic E-state index is 0.630. The highest BCUT2D eigenvalue weighted by molar-refractivity contribution is 9.10. The van der Waals surface area contributed by atoms with Crippen LogP contribution in [0.4, 0.5) is 5.82 Å². The lowest BCUT2D eigenvalue weighted by atomic mass is 10.1. The van der Waals surface area contributed by atoms with Crippen molar-refractivity contribution >= 4 is 32.7 Å². The number of ether oxygens (including phenoxy) is 2. The molecule has 0 aliphatic heterocycles. The van der Waals surface area contributed by atoms with Crippen LogP contribution in [0.2, 0.25) is 0 Å². The van der Waals surface area contributed by atoms with Crippen LogP contribution in [0, 0.1) is 0 Å². The zero-order valence-corrected chi connectivity index (χ0v) is 18.3. The molecular formula is C23H21BrN4O2. The van der Waals surface area contributed by atoms with Crippen LogP contribution in [0.15, 0.2) is 65.3 Å². The maximum Gasteiger partial charge on any atom is 0.162 e. The van der Waals surface area contributed by atoms with Crippen molar-refractivity contribution in [2.24, 2.45) is 0 Å². The number of pyridine rings is 1. The minimum Gasteiger partial charge on any atom is -0.493 e. The highest BCUT2D eigenvalue weighted by Crippen LogP contribution is 2.35. The van der Waals surface area contributed by atoms with E-state index in [0.29, 0.717) is 23.9 Å². The van der Waals surface area contributed by atoms with E-state index in [1.54, 1.807) is 20.4 Å². The Bertz CT molecular complexity index is 1150. The topological polar surface area (TPSA) is 69.2 Å². The number of aromatic nitrogens is 3. The number of halogens is 1. The summed E-state index contributed by atoms with van der Waals surface area (Å²) in [5.41, 5.74) is 2.74. The van der Waals surface area contributed by atoms with E-state index in [1.165, 1.54) is 0 Å². The highest BCUT2D eigenvalue weighted by Gasteiger charge is 2.14. The molecule has 4 aromatic rings. The van der Waals surface area contributed by atoms with Gasteiger partial charge in [0, 0.05) is 46.3 Å². The normalized spacial score (nSPS) is 10.8. The first-order valence-electron chi connectivity index (χ1n) is 9.51. The molecule has 0 radical (unpaired) electrons. The van der Waals surface area contributed by atoms with Gasteiger partial charge in [0.05, 0.1) is 19.7 Å². The van der Waals surface area contributed by atoms with Crippen molar-refractivity contribution in [2.45, 2.75) is 6.42 Å². The van der Waals surface area contributed by atoms with Crippen molar-refractivity contribution in [1.82, 2.24) is 15.0 Å². The molecule has 0 aliphatic carbocycles. The summed E-state index contributed by atoms with van der Waals surface area (Å²) in [5.74, 6) is 2.65. The highest BCUT2D eigenvalue weighted by atomic mass is 79.9. The molecule has 2 aromatic carbocycles. The van der Waals surface area contributed by atoms with E-state index < -0.39 is 0 Å². The van der Waals surface area contributed by atoms with Gasteiger partial charge in [0.25, 0.3) is 0 Å². The smallest absolute Gasteiger partial charge is 0.162 e. The number of anilines is 1. The largest absolute Gasteiger partial charge is 0.493 e. The van der Waals surface area contributed by atoms with Gasteiger partial charge in [-0.2, -0.15) is 0 Å². The van der Waals surface area contributed by atoms with Gasteiger partial charge in [0.1, 0.15) is 5.82 Å². The van der Waals surface area contributed by atoms with E-state index >= 15 is 0 Å². The number of hydrogen-bond donors (Lipinski definition) is 1. The van der Waals surface area contributed by atoms with Crippen LogP contribution in [-0.2, 0) is 6.42 Å². The van der Waals surface area contributed by atoms with Gasteiger partial charge in [-0.05, 0) is 30.3 Å². The summed E-state index contributed by atoms with van der Waals surface area (Å²) >= 11 is 3.47. The van der Waals surface area contributed by atoms with Crippen LogP contribution in [0.3, 0.4) is 0 Å². The predicted molar refractivity (Wildman–Crippen MR) is 122 cm³/mol. The summed E-state index contributed by atoms with van der Waals surface area (Å²) in [6, 6.07) is 17.6. The van der Waals surface area contributed by atoms with Crippen LogP contribution in [-0.4, -0.2) is 35.7 Å². The first-order chi connectivity index (χ1) is 14.7. The summed E-state index contributed by atoms with van der Waals surface area (Å²) in [4.78, 5) is 14.0. The van der Waals surface area contributed by atoms with E-state index in [2.05, 4.69) is 26.2 Å². The van der Waals surface area contributed by atoms with Gasteiger partial charge in [0.15, 0.2) is 17.3 Å². The summed E-state index contributed by atoms with van der Waals surface area (Å²) in [5, 5.41) is 4.32. The number of methoxy groups -OCH3 is 2. The van der Waals surface area contributed by atoms with Crippen molar-refractivity contribution in [3.05, 3.63) is 71.0 Å². The zero-order valence-electron chi connectivity index (χ0n) is 16.7. The molecule has 0 bridgehead atoms. The third kappa shape index (κ3) is 4.36. The van der Waals surface area contributed by atoms with Crippen LogP contribution >= 0.6 is 15.9 Å². The molecular weight excluding hydrogens is 444 g/mol. The van der Waals surface area contributed by atoms with Crippen molar-refractivity contribution in [3.63, 3.8) is 0 Å². The minimum atomic E-state index is 0.630. The van der Waals surface area contributed by atoms with Crippen LogP contribution < -0.4 is 14.8 Å². The number of nitrogens with one attached hydrogen (secondary N) is 1. The number of nitrogens with zero attached hydrogens (tertiary/aromatic N) is 3. The molecule has 0 atom stereocenters. The lowest BCUT2D eigenvalue weighted by molar-refractivity contribution is 0.356. The molecule has 7 heteroatoms. The van der Waals surface area contributed by atoms with Gasteiger partial charge >= 0.3 is 0 Å². The number of hydrogen-bond acceptors (Lipinski definition) is 6. The lowest BCUT2D eigenvalue weighted by Crippen LogP contribution is -2.09. The van der Waals surface area contributed by atoms with E-state index in [0.717, 1.165) is 38.9 Å². The molecule has 0 saturated heterocycles. The Labute approximate surface area is 183 Å². The van der Waals surface area contributed by atoms with Crippen molar-refractivity contribution in [1.29, 1.82) is 0 Å². The van der Waals surface area contributed by atoms with Gasteiger partial charge in [-0.3, -0.25) is 4.98 Å². The molecule has 2 heterocycles. The molecule has 0 spiro atoms. The second kappa shape index (κ2) is 9.09. The monoisotopic (exact) mass is 464 g/mol. The molecule has 1 N–H and O–H groups in total. The Balaban J connectivity index is 1.74. The van der Waals surface area contributed by atoms with E-state index in [9.17, 15) is 0 Å². The molecule has 0 aliphatic rings. The number of rotatable bonds is 7. The zero-order chi connectivity index (χ0) is 20.9. The standard InChI is InChI=1S/C23H21BrN4O2/c1-29-20-13-18-19(14-21(20)30-2)27-22(15-6-8-16(24)9-7-15)28-23(18)26-12-10-17-5-3-4-11-25-17/h3-9,11,13-14H,10,12H2,1-2H3,(H,26,27,28). The van der Waals surface area contributed by atoms with Crippen molar-refractivity contribution < 1.29 is 9.47 Å². The molecule has 0 amide bonds. The number of benzene rings is 2. The summed E-state index contributed by atoms with van der Waals surface area (Å²) in [7, 11) is 3.24. The maximum atomic E-state index is 5.48. The average molecular weight is 465 g/mol. The molecule has 4 rings (SSSR count). The predicted octanol–water partition coefficient (Wildman–Crippen LogP) is 5.13. The Morgan fingerprint density at radius 3 is 2.40 bits per heavy atom. The average Bonchev–Trinajstić information content (AvgIpc) is 2.79. The summed E-state index contributed by atoms with van der Waals surface area (Å²) in [6.07, 6.45) is 2.59. The molecule has 0 saturated carbocycles. The van der Waals surface area contributed by atoms with Crippen LogP contribution in [0.25, 0.3) is 22.3 Å². The van der Waals surface area contributed by atoms with Crippen molar-refractivity contribution in [3.8, 4) is 22.9 Å². The summed E-state index contributed by atoms with van der Waals surface area (Å²) < 4.78 is 11.9. The lowest BCUT2D eigenvalue weighted by Gasteiger charge is -2.14. The molecule has 2 aromatic heterocycles. The Morgan fingerprint density at radius 1 is 0.933 bits per heavy atom. The SMILES string of the molecule is COc1cc2nc(-c3ccc(Br)cc3)nc(NCCc3ccccn3)c2cc1OC. The molecule has 0 fully saturated rings. The quantitative estimate of drug-likeness (QED) is 0.408. The second-order valence-electron chi connectivity index (χ2n) is 6.62. The fourth-order valence-corrected chi connectivity index (χ4v) is 3.44. The van der Waals surface area contributed by atoms with Gasteiger partial charge in [-0.15, -0.1) is 0 Å². The molecule has 152 valence electrons. The first-order valence-corrected chi connectivity index (χ1v) is 10.3. The van der Waals surface area contributed by atoms with Gasteiger partial charge < -0.3 is 14.8 Å². The Morgan fingerprint density at radius 2 is 1.70 bits per heavy atom. The second-order valence-corrected chi connectivity index (χ2v) is 7.54. The molecule has 0 unspecified atom stereocenters. The first kappa shape index (κ1) is 20.1. The van der Waals surface area contributed by atoms with E-state index in [-0.39, 0.29) is 0 Å². The molecule has 6 nitrogen and oxygen atoms in total. The van der Waals surface area contributed by atoms with Gasteiger partial charge in [-0.25, -0.2) is 9.97 Å². The third-order valence-corrected chi connectivity index (χ3v) is 5.23. The Hall–Kier alpha value is -3.19. The van der Waals surface area contributed by atoms with Gasteiger partial charge in [-0.1, -0.05) is 34.1 Å². The fraction of sp³-hybridized carbons (Fsp3) is 0.174. The van der Waals surface area contributed by atoms with Gasteiger partial charge in [0.2, 0.25) is 0 Å². The van der Waals surface area contributed by atoms with E-state index in [4.69, 9.17) is 19.4 Å². The van der Waals surface area contributed by atoms with E-state index in [1.807, 2.05) is 54.6 Å². The summed E-state index contributed by atoms with van der Waals surface area (Å²) in [6.45, 7) is 0.692.